The maximum atomic E-state index is 12.9. The van der Waals surface area contributed by atoms with E-state index in [1.807, 2.05) is 6.07 Å². The highest BCUT2D eigenvalue weighted by atomic mass is 16.5. The Kier molecular flexibility index (Phi) is 4.90. The highest BCUT2D eigenvalue weighted by molar-refractivity contribution is 5.96. The van der Waals surface area contributed by atoms with Crippen LogP contribution in [0.15, 0.2) is 36.7 Å². The highest BCUT2D eigenvalue weighted by Gasteiger charge is 2.26. The van der Waals surface area contributed by atoms with Crippen LogP contribution >= 0.6 is 0 Å². The third-order valence-electron chi connectivity index (χ3n) is 4.02. The van der Waals surface area contributed by atoms with Crippen molar-refractivity contribution in [2.45, 2.75) is 25.5 Å². The van der Waals surface area contributed by atoms with Crippen LogP contribution in [0.1, 0.15) is 28.9 Å². The molecule has 7 heteroatoms. The number of amides is 1. The number of phenolic OH excluding ortho intramolecular Hbond substituents is 1. The Hall–Kier alpha value is -2.67. The summed E-state index contributed by atoms with van der Waals surface area (Å²) in [6.45, 7) is 1.38. The molecule has 126 valence electrons. The van der Waals surface area contributed by atoms with Crippen molar-refractivity contribution < 1.29 is 14.6 Å². The lowest BCUT2D eigenvalue weighted by atomic mass is 10.1. The maximum absolute atomic E-state index is 12.9. The van der Waals surface area contributed by atoms with Crippen molar-refractivity contribution in [3.63, 3.8) is 0 Å². The normalized spacial score (nSPS) is 16.9. The first kappa shape index (κ1) is 16.2. The number of carbonyl (C=O) groups excluding carboxylic acids is 1. The number of hydrogen-bond donors (Lipinski definition) is 2. The fourth-order valence-corrected chi connectivity index (χ4v) is 2.77. The van der Waals surface area contributed by atoms with Gasteiger partial charge in [-0.15, -0.1) is 0 Å². The zero-order valence-corrected chi connectivity index (χ0v) is 13.3. The van der Waals surface area contributed by atoms with Gasteiger partial charge in [0.05, 0.1) is 6.10 Å². The molecule has 0 spiro atoms. The van der Waals surface area contributed by atoms with Crippen LogP contribution in [0, 0.1) is 0 Å². The maximum Gasteiger partial charge on any atom is 0.276 e. The van der Waals surface area contributed by atoms with Gasteiger partial charge in [0.25, 0.3) is 5.91 Å². The van der Waals surface area contributed by atoms with E-state index in [0.717, 1.165) is 12.8 Å². The summed E-state index contributed by atoms with van der Waals surface area (Å²) >= 11 is 0. The molecule has 1 aromatic heterocycles. The van der Waals surface area contributed by atoms with E-state index in [-0.39, 0.29) is 35.8 Å². The number of aromatic hydroxyl groups is 1. The molecule has 3 N–H and O–H groups in total. The minimum atomic E-state index is -0.320. The number of nitrogens with zero attached hydrogens (tertiary/aromatic N) is 3. The zero-order chi connectivity index (χ0) is 16.9. The molecular weight excluding hydrogens is 308 g/mol. The average molecular weight is 328 g/mol. The van der Waals surface area contributed by atoms with Crippen molar-refractivity contribution in [1.82, 2.24) is 14.9 Å². The molecule has 3 rings (SSSR count). The van der Waals surface area contributed by atoms with Gasteiger partial charge < -0.3 is 20.5 Å². The predicted octanol–water partition coefficient (Wildman–Crippen LogP) is 1.59. The molecule has 2 aromatic rings. The minimum Gasteiger partial charge on any atom is -0.508 e. The van der Waals surface area contributed by atoms with Crippen molar-refractivity contribution in [3.8, 4) is 5.75 Å². The van der Waals surface area contributed by atoms with Crippen LogP contribution in [0.2, 0.25) is 0 Å². The number of hydrogen-bond acceptors (Lipinski definition) is 6. The van der Waals surface area contributed by atoms with Crippen LogP contribution in [0.3, 0.4) is 0 Å². The van der Waals surface area contributed by atoms with Crippen LogP contribution in [-0.2, 0) is 11.3 Å². The highest BCUT2D eigenvalue weighted by Crippen LogP contribution is 2.22. The third kappa shape index (κ3) is 3.62. The molecule has 1 saturated heterocycles. The Bertz CT molecular complexity index is 716. The topological polar surface area (TPSA) is 102 Å². The lowest BCUT2D eigenvalue weighted by molar-refractivity contribution is 0.0502. The molecule has 0 aliphatic carbocycles. The molecule has 0 unspecified atom stereocenters. The summed E-state index contributed by atoms with van der Waals surface area (Å²) in [5.41, 5.74) is 6.56. The van der Waals surface area contributed by atoms with Gasteiger partial charge in [0.15, 0.2) is 11.5 Å². The summed E-state index contributed by atoms with van der Waals surface area (Å²) in [5, 5.41) is 10.0. The third-order valence-corrected chi connectivity index (χ3v) is 4.02. The molecule has 0 bridgehead atoms. The fourth-order valence-electron chi connectivity index (χ4n) is 2.77. The molecule has 1 amide bonds. The Labute approximate surface area is 140 Å². The molecule has 7 nitrogen and oxygen atoms in total. The molecule has 0 radical (unpaired) electrons. The number of carbonyl (C=O) groups is 1. The van der Waals surface area contributed by atoms with Crippen LogP contribution in [-0.4, -0.2) is 45.1 Å². The number of nitrogen functional groups attached to an aromatic ring is 1. The number of nitrogens with two attached hydrogens (primary N) is 1. The van der Waals surface area contributed by atoms with Gasteiger partial charge in [-0.05, 0) is 18.9 Å². The predicted molar refractivity (Wildman–Crippen MR) is 88.3 cm³/mol. The largest absolute Gasteiger partial charge is 0.508 e. The van der Waals surface area contributed by atoms with Crippen LogP contribution in [0.25, 0.3) is 0 Å². The van der Waals surface area contributed by atoms with Crippen molar-refractivity contribution in [3.05, 3.63) is 47.9 Å². The van der Waals surface area contributed by atoms with Gasteiger partial charge in [0, 0.05) is 37.7 Å². The Balaban J connectivity index is 1.85. The van der Waals surface area contributed by atoms with Gasteiger partial charge >= 0.3 is 0 Å². The van der Waals surface area contributed by atoms with Crippen molar-refractivity contribution in [1.29, 1.82) is 0 Å². The van der Waals surface area contributed by atoms with Gasteiger partial charge in [-0.2, -0.15) is 0 Å². The molecule has 1 fully saturated rings. The average Bonchev–Trinajstić information content (AvgIpc) is 3.09. The Morgan fingerprint density at radius 3 is 2.83 bits per heavy atom. The molecule has 0 saturated carbocycles. The Morgan fingerprint density at radius 2 is 2.12 bits per heavy atom. The van der Waals surface area contributed by atoms with E-state index in [9.17, 15) is 9.90 Å². The molecule has 1 atom stereocenters. The number of phenols is 1. The lowest BCUT2D eigenvalue weighted by Crippen LogP contribution is -2.37. The van der Waals surface area contributed by atoms with E-state index in [1.54, 1.807) is 23.1 Å². The monoisotopic (exact) mass is 328 g/mol. The van der Waals surface area contributed by atoms with E-state index in [1.165, 1.54) is 12.4 Å². The summed E-state index contributed by atoms with van der Waals surface area (Å²) in [7, 11) is 0. The Morgan fingerprint density at radius 1 is 1.33 bits per heavy atom. The summed E-state index contributed by atoms with van der Waals surface area (Å²) in [6, 6.07) is 6.94. The second-order valence-electron chi connectivity index (χ2n) is 5.74. The first-order valence-electron chi connectivity index (χ1n) is 7.89. The minimum absolute atomic E-state index is 0.0160. The van der Waals surface area contributed by atoms with E-state index in [4.69, 9.17) is 10.5 Å². The van der Waals surface area contributed by atoms with Crippen LogP contribution < -0.4 is 5.73 Å². The number of benzene rings is 1. The fraction of sp³-hybridized carbons (Fsp3) is 0.353. The second-order valence-corrected chi connectivity index (χ2v) is 5.74. The number of ether oxygens (including phenoxy) is 1. The quantitative estimate of drug-likeness (QED) is 0.864. The van der Waals surface area contributed by atoms with Crippen molar-refractivity contribution >= 4 is 11.7 Å². The smallest absolute Gasteiger partial charge is 0.276 e. The second kappa shape index (κ2) is 7.27. The molecule has 24 heavy (non-hydrogen) atoms. The first-order valence-corrected chi connectivity index (χ1v) is 7.89. The standard InChI is InChI=1S/C17H20N4O3/c18-16-15(19-7-8-20-16)17(23)21(11-13-5-3-9-24-13)10-12-4-1-2-6-14(12)22/h1-2,4,6-8,13,22H,3,5,9-11H2,(H2,18,20)/t13-/m1/s1. The molecule has 1 aliphatic rings. The van der Waals surface area contributed by atoms with E-state index in [0.29, 0.717) is 18.7 Å². The summed E-state index contributed by atoms with van der Waals surface area (Å²) < 4.78 is 5.64. The number of anilines is 1. The molecular formula is C17H20N4O3. The van der Waals surface area contributed by atoms with Gasteiger partial charge in [-0.3, -0.25) is 4.79 Å². The van der Waals surface area contributed by atoms with Gasteiger partial charge in [0.1, 0.15) is 5.75 Å². The van der Waals surface area contributed by atoms with Gasteiger partial charge in [0.2, 0.25) is 0 Å². The SMILES string of the molecule is Nc1nccnc1C(=O)N(Cc1ccccc1O)C[C@H]1CCCO1. The van der Waals surface area contributed by atoms with Crippen molar-refractivity contribution in [2.75, 3.05) is 18.9 Å². The number of para-hydroxylation sites is 1. The van der Waals surface area contributed by atoms with Gasteiger partial charge in [-0.1, -0.05) is 18.2 Å². The number of rotatable bonds is 5. The lowest BCUT2D eigenvalue weighted by Gasteiger charge is -2.25. The summed E-state index contributed by atoms with van der Waals surface area (Å²) in [4.78, 5) is 22.5. The van der Waals surface area contributed by atoms with Crippen molar-refractivity contribution in [2.24, 2.45) is 0 Å². The molecule has 1 aromatic carbocycles. The van der Waals surface area contributed by atoms with E-state index >= 15 is 0 Å². The summed E-state index contributed by atoms with van der Waals surface area (Å²) in [6.07, 6.45) is 4.75. The number of aromatic nitrogens is 2. The first-order chi connectivity index (χ1) is 11.6. The van der Waals surface area contributed by atoms with Crippen LogP contribution in [0.5, 0.6) is 5.75 Å². The van der Waals surface area contributed by atoms with Crippen LogP contribution in [0.4, 0.5) is 5.82 Å². The van der Waals surface area contributed by atoms with E-state index in [2.05, 4.69) is 9.97 Å². The van der Waals surface area contributed by atoms with Gasteiger partial charge in [-0.25, -0.2) is 9.97 Å². The zero-order valence-electron chi connectivity index (χ0n) is 13.3. The molecule has 1 aliphatic heterocycles. The molecule has 2 heterocycles. The van der Waals surface area contributed by atoms with E-state index < -0.39 is 0 Å². The summed E-state index contributed by atoms with van der Waals surface area (Å²) in [5.74, 6) is -0.0776.